The maximum absolute atomic E-state index is 4.72. The molecule has 1 rings (SSSR count). The fourth-order valence-corrected chi connectivity index (χ4v) is 1.85. The van der Waals surface area contributed by atoms with Crippen LogP contribution in [0.4, 0.5) is 5.69 Å². The highest BCUT2D eigenvalue weighted by molar-refractivity contribution is 5.50. The maximum atomic E-state index is 4.72. The Balaban J connectivity index is 3.19. The van der Waals surface area contributed by atoms with Gasteiger partial charge in [0, 0.05) is 25.0 Å². The van der Waals surface area contributed by atoms with Gasteiger partial charge in [0.1, 0.15) is 5.82 Å². The van der Waals surface area contributed by atoms with E-state index in [0.717, 1.165) is 30.2 Å². The molecule has 1 N–H and O–H groups in total. The predicted octanol–water partition coefficient (Wildman–Crippen LogP) is 2.94. The van der Waals surface area contributed by atoms with Crippen LogP contribution in [0.5, 0.6) is 0 Å². The van der Waals surface area contributed by atoms with Crippen molar-refractivity contribution in [1.29, 1.82) is 0 Å². The molecule has 0 aliphatic carbocycles. The van der Waals surface area contributed by atoms with Crippen LogP contribution in [-0.2, 0) is 6.54 Å². The quantitative estimate of drug-likeness (QED) is 0.857. The second kappa shape index (κ2) is 6.33. The van der Waals surface area contributed by atoms with Crippen molar-refractivity contribution >= 4 is 5.69 Å². The number of nitrogens with zero attached hydrogens (tertiary/aromatic N) is 3. The summed E-state index contributed by atoms with van der Waals surface area (Å²) in [7, 11) is 4.07. The van der Waals surface area contributed by atoms with E-state index in [1.807, 2.05) is 13.2 Å². The van der Waals surface area contributed by atoms with Crippen LogP contribution in [0.2, 0.25) is 0 Å². The largest absolute Gasteiger partial charge is 0.367 e. The Morgan fingerprint density at radius 2 is 2.00 bits per heavy atom. The Labute approximate surface area is 117 Å². The molecule has 0 aromatic carbocycles. The van der Waals surface area contributed by atoms with E-state index in [1.54, 1.807) is 0 Å². The molecule has 0 radical (unpaired) electrons. The SMILES string of the molecule is CCC(C)(C)N(C)c1cnc(C(C)C)nc1CNC. The molecule has 19 heavy (non-hydrogen) atoms. The average molecular weight is 264 g/mol. The van der Waals surface area contributed by atoms with Crippen LogP contribution in [0, 0.1) is 0 Å². The molecule has 1 aromatic heterocycles. The van der Waals surface area contributed by atoms with Gasteiger partial charge in [0.15, 0.2) is 0 Å². The van der Waals surface area contributed by atoms with Gasteiger partial charge in [-0.1, -0.05) is 20.8 Å². The van der Waals surface area contributed by atoms with Crippen LogP contribution in [0.1, 0.15) is 58.5 Å². The molecule has 108 valence electrons. The summed E-state index contributed by atoms with van der Waals surface area (Å²) >= 11 is 0. The van der Waals surface area contributed by atoms with Crippen molar-refractivity contribution in [3.05, 3.63) is 17.7 Å². The molecule has 0 aliphatic rings. The summed E-state index contributed by atoms with van der Waals surface area (Å²) in [5, 5.41) is 3.20. The lowest BCUT2D eigenvalue weighted by molar-refractivity contribution is 0.467. The third kappa shape index (κ3) is 3.66. The van der Waals surface area contributed by atoms with Crippen molar-refractivity contribution in [2.24, 2.45) is 0 Å². The van der Waals surface area contributed by atoms with E-state index in [2.05, 4.69) is 56.9 Å². The first-order valence-electron chi connectivity index (χ1n) is 7.07. The van der Waals surface area contributed by atoms with E-state index >= 15 is 0 Å². The molecule has 0 bridgehead atoms. The van der Waals surface area contributed by atoms with Gasteiger partial charge >= 0.3 is 0 Å². The molecule has 0 saturated heterocycles. The zero-order valence-corrected chi connectivity index (χ0v) is 13.4. The van der Waals surface area contributed by atoms with E-state index in [0.29, 0.717) is 5.92 Å². The van der Waals surface area contributed by atoms with E-state index in [-0.39, 0.29) is 5.54 Å². The number of aromatic nitrogens is 2. The number of hydrogen-bond donors (Lipinski definition) is 1. The molecule has 0 fully saturated rings. The van der Waals surface area contributed by atoms with Crippen LogP contribution in [-0.4, -0.2) is 29.6 Å². The van der Waals surface area contributed by atoms with Gasteiger partial charge < -0.3 is 10.2 Å². The lowest BCUT2D eigenvalue weighted by Crippen LogP contribution is -2.41. The first kappa shape index (κ1) is 15.9. The fourth-order valence-electron chi connectivity index (χ4n) is 1.85. The number of nitrogens with one attached hydrogen (secondary N) is 1. The van der Waals surface area contributed by atoms with Gasteiger partial charge in [0.25, 0.3) is 0 Å². The minimum Gasteiger partial charge on any atom is -0.367 e. The van der Waals surface area contributed by atoms with E-state index in [4.69, 9.17) is 4.98 Å². The Morgan fingerprint density at radius 3 is 2.47 bits per heavy atom. The van der Waals surface area contributed by atoms with Crippen molar-refractivity contribution < 1.29 is 0 Å². The molecule has 1 heterocycles. The number of rotatable bonds is 6. The monoisotopic (exact) mass is 264 g/mol. The second-order valence-corrected chi connectivity index (χ2v) is 5.97. The molecule has 1 aromatic rings. The zero-order chi connectivity index (χ0) is 14.6. The molecular formula is C15H28N4. The third-order valence-corrected chi connectivity index (χ3v) is 3.86. The molecule has 0 spiro atoms. The van der Waals surface area contributed by atoms with Crippen LogP contribution in [0.25, 0.3) is 0 Å². The molecule has 0 aliphatic heterocycles. The molecule has 0 saturated carbocycles. The van der Waals surface area contributed by atoms with Crippen molar-refractivity contribution in [1.82, 2.24) is 15.3 Å². The highest BCUT2D eigenvalue weighted by Gasteiger charge is 2.24. The van der Waals surface area contributed by atoms with E-state index in [1.165, 1.54) is 0 Å². The van der Waals surface area contributed by atoms with Gasteiger partial charge in [-0.05, 0) is 27.3 Å². The second-order valence-electron chi connectivity index (χ2n) is 5.97. The lowest BCUT2D eigenvalue weighted by atomic mass is 9.99. The minimum atomic E-state index is 0.102. The van der Waals surface area contributed by atoms with Crippen LogP contribution < -0.4 is 10.2 Å². The standard InChI is InChI=1S/C15H28N4/c1-8-15(4,5)19(7)13-10-17-14(11(2)3)18-12(13)9-16-6/h10-11,16H,8-9H2,1-7H3. The molecule has 0 amide bonds. The summed E-state index contributed by atoms with van der Waals surface area (Å²) in [5.74, 6) is 1.27. The van der Waals surface area contributed by atoms with Crippen molar-refractivity contribution in [2.75, 3.05) is 19.0 Å². The third-order valence-electron chi connectivity index (χ3n) is 3.86. The summed E-state index contributed by atoms with van der Waals surface area (Å²) < 4.78 is 0. The van der Waals surface area contributed by atoms with Crippen LogP contribution in [0.3, 0.4) is 0 Å². The Bertz CT molecular complexity index is 413. The lowest BCUT2D eigenvalue weighted by Gasteiger charge is -2.37. The van der Waals surface area contributed by atoms with Gasteiger partial charge in [0.2, 0.25) is 0 Å². The van der Waals surface area contributed by atoms with E-state index < -0.39 is 0 Å². The molecule has 4 nitrogen and oxygen atoms in total. The first-order chi connectivity index (χ1) is 8.83. The van der Waals surface area contributed by atoms with Gasteiger partial charge in [-0.3, -0.25) is 0 Å². The van der Waals surface area contributed by atoms with Crippen molar-refractivity contribution in [3.8, 4) is 0 Å². The van der Waals surface area contributed by atoms with Crippen LogP contribution >= 0.6 is 0 Å². The van der Waals surface area contributed by atoms with E-state index in [9.17, 15) is 0 Å². The fraction of sp³-hybridized carbons (Fsp3) is 0.733. The summed E-state index contributed by atoms with van der Waals surface area (Å²) in [6.07, 6.45) is 3.04. The molecule has 0 unspecified atom stereocenters. The topological polar surface area (TPSA) is 41.1 Å². The number of anilines is 1. The van der Waals surface area contributed by atoms with Crippen molar-refractivity contribution in [3.63, 3.8) is 0 Å². The Kier molecular flexibility index (Phi) is 5.29. The highest BCUT2D eigenvalue weighted by Crippen LogP contribution is 2.27. The normalized spacial score (nSPS) is 12.0. The average Bonchev–Trinajstić information content (AvgIpc) is 2.38. The molecule has 0 atom stereocenters. The first-order valence-corrected chi connectivity index (χ1v) is 7.07. The van der Waals surface area contributed by atoms with Gasteiger partial charge in [-0.2, -0.15) is 0 Å². The minimum absolute atomic E-state index is 0.102. The molecular weight excluding hydrogens is 236 g/mol. The zero-order valence-electron chi connectivity index (χ0n) is 13.4. The Hall–Kier alpha value is -1.16. The number of hydrogen-bond acceptors (Lipinski definition) is 4. The summed E-state index contributed by atoms with van der Waals surface area (Å²) in [6.45, 7) is 11.7. The van der Waals surface area contributed by atoms with Crippen LogP contribution in [0.15, 0.2) is 6.20 Å². The van der Waals surface area contributed by atoms with Gasteiger partial charge in [-0.15, -0.1) is 0 Å². The van der Waals surface area contributed by atoms with Gasteiger partial charge in [0.05, 0.1) is 17.6 Å². The molecule has 4 heteroatoms. The Morgan fingerprint density at radius 1 is 1.37 bits per heavy atom. The summed E-state index contributed by atoms with van der Waals surface area (Å²) in [6, 6.07) is 0. The van der Waals surface area contributed by atoms with Gasteiger partial charge in [-0.25, -0.2) is 9.97 Å². The summed E-state index contributed by atoms with van der Waals surface area (Å²) in [4.78, 5) is 11.5. The summed E-state index contributed by atoms with van der Waals surface area (Å²) in [5.41, 5.74) is 2.29. The maximum Gasteiger partial charge on any atom is 0.131 e. The smallest absolute Gasteiger partial charge is 0.131 e. The highest BCUT2D eigenvalue weighted by atomic mass is 15.2. The predicted molar refractivity (Wildman–Crippen MR) is 81.7 cm³/mol. The van der Waals surface area contributed by atoms with Crippen molar-refractivity contribution in [2.45, 2.75) is 59.0 Å².